The Bertz CT molecular complexity index is 416. The van der Waals surface area contributed by atoms with E-state index >= 15 is 0 Å². The van der Waals surface area contributed by atoms with Gasteiger partial charge in [-0.05, 0) is 25.7 Å². The molecule has 5 heteroatoms. The molecule has 0 spiro atoms. The van der Waals surface area contributed by atoms with Crippen LogP contribution in [-0.2, 0) is 17.6 Å². The number of hydrogen-bond donors (Lipinski definition) is 1. The molecule has 2 aliphatic rings. The lowest BCUT2D eigenvalue weighted by Crippen LogP contribution is -2.41. The molecule has 1 aromatic heterocycles. The van der Waals surface area contributed by atoms with Crippen LogP contribution in [0.5, 0.6) is 5.75 Å². The molecule has 2 heterocycles. The Morgan fingerprint density at radius 1 is 1.37 bits per heavy atom. The minimum absolute atomic E-state index is 0.562. The molecular weight excluding hydrogens is 242 g/mol. The van der Waals surface area contributed by atoms with E-state index in [1.807, 2.05) is 6.07 Å². The predicted molar refractivity (Wildman–Crippen MR) is 71.9 cm³/mol. The molecule has 0 saturated carbocycles. The van der Waals surface area contributed by atoms with Crippen molar-refractivity contribution in [1.82, 2.24) is 9.88 Å². The highest BCUT2D eigenvalue weighted by molar-refractivity contribution is 5.38. The third kappa shape index (κ3) is 2.73. The molecule has 3 rings (SSSR count). The van der Waals surface area contributed by atoms with Crippen molar-refractivity contribution in [3.05, 3.63) is 23.5 Å². The summed E-state index contributed by atoms with van der Waals surface area (Å²) in [6, 6.07) is 2.42. The van der Waals surface area contributed by atoms with Crippen LogP contribution in [0, 0.1) is 0 Å². The standard InChI is InChI=1S/C14H21N3O2/c15-19-14-4-5-16-13-3-2-11(10-12(13)14)17-6-1-8-18-9-7-17/h4-5,11H,1-3,6-10,15H2. The van der Waals surface area contributed by atoms with Gasteiger partial charge in [-0.2, -0.15) is 5.90 Å². The Morgan fingerprint density at radius 3 is 3.21 bits per heavy atom. The zero-order valence-electron chi connectivity index (χ0n) is 11.2. The molecule has 1 aliphatic heterocycles. The summed E-state index contributed by atoms with van der Waals surface area (Å²) in [4.78, 5) is 12.0. The van der Waals surface area contributed by atoms with Crippen molar-refractivity contribution in [3.63, 3.8) is 0 Å². The molecule has 0 amide bonds. The normalized spacial score (nSPS) is 24.6. The summed E-state index contributed by atoms with van der Waals surface area (Å²) < 4.78 is 5.53. The molecule has 0 radical (unpaired) electrons. The summed E-state index contributed by atoms with van der Waals surface area (Å²) in [6.07, 6.45) is 6.05. The Hall–Kier alpha value is -1.17. The minimum Gasteiger partial charge on any atom is -0.411 e. The van der Waals surface area contributed by atoms with Gasteiger partial charge >= 0.3 is 0 Å². The molecule has 1 aromatic rings. The van der Waals surface area contributed by atoms with Gasteiger partial charge in [0.15, 0.2) is 5.75 Å². The van der Waals surface area contributed by atoms with E-state index in [0.29, 0.717) is 6.04 Å². The number of ether oxygens (including phenoxy) is 1. The van der Waals surface area contributed by atoms with Crippen molar-refractivity contribution in [2.45, 2.75) is 31.7 Å². The second-order valence-corrected chi connectivity index (χ2v) is 5.25. The molecule has 0 bridgehead atoms. The van der Waals surface area contributed by atoms with Gasteiger partial charge in [0, 0.05) is 49.3 Å². The Kier molecular flexibility index (Phi) is 3.96. The molecule has 1 aliphatic carbocycles. The first kappa shape index (κ1) is 12.8. The first-order chi connectivity index (χ1) is 9.38. The lowest BCUT2D eigenvalue weighted by molar-refractivity contribution is 0.127. The summed E-state index contributed by atoms with van der Waals surface area (Å²) in [7, 11) is 0. The molecule has 0 aromatic carbocycles. The Labute approximate surface area is 113 Å². The molecule has 19 heavy (non-hydrogen) atoms. The summed E-state index contributed by atoms with van der Waals surface area (Å²) in [5.41, 5.74) is 2.33. The van der Waals surface area contributed by atoms with Crippen LogP contribution in [-0.4, -0.2) is 42.2 Å². The topological polar surface area (TPSA) is 60.6 Å². The van der Waals surface area contributed by atoms with Crippen LogP contribution in [0.1, 0.15) is 24.1 Å². The second kappa shape index (κ2) is 5.86. The molecule has 1 saturated heterocycles. The van der Waals surface area contributed by atoms with Gasteiger partial charge in [0.1, 0.15) is 0 Å². The van der Waals surface area contributed by atoms with Crippen LogP contribution in [0.3, 0.4) is 0 Å². The third-order valence-corrected chi connectivity index (χ3v) is 4.16. The average molecular weight is 263 g/mol. The lowest BCUT2D eigenvalue weighted by Gasteiger charge is -2.34. The molecule has 1 unspecified atom stereocenters. The van der Waals surface area contributed by atoms with Crippen molar-refractivity contribution < 1.29 is 9.57 Å². The number of nitrogens with zero attached hydrogens (tertiary/aromatic N) is 2. The number of aromatic nitrogens is 1. The van der Waals surface area contributed by atoms with E-state index < -0.39 is 0 Å². The number of aryl methyl sites for hydroxylation is 1. The van der Waals surface area contributed by atoms with Crippen LogP contribution in [0.2, 0.25) is 0 Å². The van der Waals surface area contributed by atoms with E-state index in [2.05, 4.69) is 9.88 Å². The number of nitrogens with two attached hydrogens (primary N) is 1. The maximum atomic E-state index is 5.53. The largest absolute Gasteiger partial charge is 0.411 e. The van der Waals surface area contributed by atoms with E-state index in [4.69, 9.17) is 15.5 Å². The molecule has 2 N–H and O–H groups in total. The van der Waals surface area contributed by atoms with E-state index in [-0.39, 0.29) is 0 Å². The van der Waals surface area contributed by atoms with Crippen LogP contribution >= 0.6 is 0 Å². The molecule has 1 atom stereocenters. The van der Waals surface area contributed by atoms with E-state index in [1.54, 1.807) is 6.20 Å². The highest BCUT2D eigenvalue weighted by Crippen LogP contribution is 2.29. The monoisotopic (exact) mass is 263 g/mol. The van der Waals surface area contributed by atoms with Gasteiger partial charge in [-0.3, -0.25) is 9.88 Å². The van der Waals surface area contributed by atoms with Gasteiger partial charge in [0.2, 0.25) is 0 Å². The SMILES string of the molecule is NOc1ccnc2c1CC(N1CCCOCC1)CC2. The number of pyridine rings is 1. The quantitative estimate of drug-likeness (QED) is 0.804. The van der Waals surface area contributed by atoms with E-state index in [0.717, 1.165) is 63.4 Å². The van der Waals surface area contributed by atoms with Crippen molar-refractivity contribution in [1.29, 1.82) is 0 Å². The number of hydrogen-bond acceptors (Lipinski definition) is 5. The summed E-state index contributed by atoms with van der Waals surface area (Å²) in [6.45, 7) is 3.88. The lowest BCUT2D eigenvalue weighted by atomic mass is 9.90. The van der Waals surface area contributed by atoms with Crippen LogP contribution < -0.4 is 10.7 Å². The summed E-state index contributed by atoms with van der Waals surface area (Å²) >= 11 is 0. The van der Waals surface area contributed by atoms with E-state index in [9.17, 15) is 0 Å². The van der Waals surface area contributed by atoms with Crippen molar-refractivity contribution in [3.8, 4) is 5.75 Å². The average Bonchev–Trinajstić information content (AvgIpc) is 2.75. The highest BCUT2D eigenvalue weighted by atomic mass is 16.6. The van der Waals surface area contributed by atoms with Crippen molar-refractivity contribution >= 4 is 0 Å². The van der Waals surface area contributed by atoms with Gasteiger partial charge in [-0.1, -0.05) is 0 Å². The predicted octanol–water partition coefficient (Wildman–Crippen LogP) is 0.914. The van der Waals surface area contributed by atoms with Gasteiger partial charge in [0.05, 0.1) is 6.61 Å². The van der Waals surface area contributed by atoms with Crippen LogP contribution in [0.15, 0.2) is 12.3 Å². The van der Waals surface area contributed by atoms with Crippen molar-refractivity contribution in [2.24, 2.45) is 5.90 Å². The fourth-order valence-corrected chi connectivity index (χ4v) is 3.14. The number of fused-ring (bicyclic) bond motifs is 1. The Morgan fingerprint density at radius 2 is 2.32 bits per heavy atom. The zero-order chi connectivity index (χ0) is 13.1. The molecule has 5 nitrogen and oxygen atoms in total. The molecule has 104 valence electrons. The van der Waals surface area contributed by atoms with Gasteiger partial charge in [-0.25, -0.2) is 0 Å². The fraction of sp³-hybridized carbons (Fsp3) is 0.643. The van der Waals surface area contributed by atoms with Crippen LogP contribution in [0.25, 0.3) is 0 Å². The third-order valence-electron chi connectivity index (χ3n) is 4.16. The Balaban J connectivity index is 1.77. The summed E-state index contributed by atoms with van der Waals surface area (Å²) in [5, 5.41) is 0. The molecular formula is C14H21N3O2. The fourth-order valence-electron chi connectivity index (χ4n) is 3.14. The second-order valence-electron chi connectivity index (χ2n) is 5.25. The van der Waals surface area contributed by atoms with E-state index in [1.165, 1.54) is 5.56 Å². The molecule has 1 fully saturated rings. The van der Waals surface area contributed by atoms with Crippen LogP contribution in [0.4, 0.5) is 0 Å². The first-order valence-electron chi connectivity index (χ1n) is 7.04. The van der Waals surface area contributed by atoms with Gasteiger partial charge < -0.3 is 9.57 Å². The smallest absolute Gasteiger partial charge is 0.153 e. The van der Waals surface area contributed by atoms with Crippen molar-refractivity contribution in [2.75, 3.05) is 26.3 Å². The minimum atomic E-state index is 0.562. The maximum Gasteiger partial charge on any atom is 0.153 e. The zero-order valence-corrected chi connectivity index (χ0v) is 11.2. The summed E-state index contributed by atoms with van der Waals surface area (Å²) in [5.74, 6) is 6.14. The van der Waals surface area contributed by atoms with Gasteiger partial charge in [-0.15, -0.1) is 0 Å². The highest BCUT2D eigenvalue weighted by Gasteiger charge is 2.27. The van der Waals surface area contributed by atoms with Gasteiger partial charge in [0.25, 0.3) is 0 Å². The number of rotatable bonds is 2. The first-order valence-corrected chi connectivity index (χ1v) is 7.04. The maximum absolute atomic E-state index is 5.53.